The Bertz CT molecular complexity index is 649. The van der Waals surface area contributed by atoms with Gasteiger partial charge in [-0.1, -0.05) is 36.4 Å². The van der Waals surface area contributed by atoms with Crippen molar-refractivity contribution in [3.8, 4) is 17.2 Å². The van der Waals surface area contributed by atoms with Crippen LogP contribution in [0.2, 0.25) is 0 Å². The first kappa shape index (κ1) is 18.5. The predicted molar refractivity (Wildman–Crippen MR) is 97.9 cm³/mol. The Morgan fingerprint density at radius 3 is 2.27 bits per heavy atom. The fraction of sp³-hybridized carbons (Fsp3) is 0.400. The Hall–Kier alpha value is -2.28. The van der Waals surface area contributed by atoms with E-state index in [-0.39, 0.29) is 12.3 Å². The summed E-state index contributed by atoms with van der Waals surface area (Å²) in [6.07, 6.45) is -0.151. The molecule has 1 fully saturated rings. The van der Waals surface area contributed by atoms with E-state index in [1.807, 2.05) is 36.4 Å². The number of hydrogen-bond acceptors (Lipinski definition) is 6. The largest absolute Gasteiger partial charge is 0.493 e. The summed E-state index contributed by atoms with van der Waals surface area (Å²) in [5.41, 5.74) is 1.14. The van der Waals surface area contributed by atoms with E-state index in [9.17, 15) is 0 Å². The van der Waals surface area contributed by atoms with Crippen LogP contribution in [-0.4, -0.2) is 46.8 Å². The van der Waals surface area contributed by atoms with Gasteiger partial charge in [0.05, 0.1) is 27.4 Å². The van der Waals surface area contributed by atoms with E-state index < -0.39 is 0 Å². The zero-order chi connectivity index (χ0) is 18.2. The third kappa shape index (κ3) is 4.66. The minimum Gasteiger partial charge on any atom is -0.493 e. The summed E-state index contributed by atoms with van der Waals surface area (Å²) in [5, 5.41) is 3.28. The van der Waals surface area contributed by atoms with Gasteiger partial charge in [-0.15, -0.1) is 0 Å². The monoisotopic (exact) mass is 359 g/mol. The van der Waals surface area contributed by atoms with Gasteiger partial charge in [-0.05, 0) is 17.7 Å². The molecule has 1 heterocycles. The Balaban J connectivity index is 1.41. The average molecular weight is 359 g/mol. The molecule has 140 valence electrons. The third-order valence-electron chi connectivity index (χ3n) is 4.17. The van der Waals surface area contributed by atoms with Crippen LogP contribution < -0.4 is 19.5 Å². The van der Waals surface area contributed by atoms with Crippen molar-refractivity contribution >= 4 is 0 Å². The SMILES string of the molecule is COc1cccc(OC)c1OCCN[C@H]1CO[C@H](c2ccccc2)CO1. The van der Waals surface area contributed by atoms with E-state index in [0.29, 0.717) is 43.6 Å². The number of methoxy groups -OCH3 is 2. The van der Waals surface area contributed by atoms with Crippen LogP contribution in [0.5, 0.6) is 17.2 Å². The maximum Gasteiger partial charge on any atom is 0.203 e. The summed E-state index contributed by atoms with van der Waals surface area (Å²) < 4.78 is 28.2. The highest BCUT2D eigenvalue weighted by Crippen LogP contribution is 2.36. The number of hydrogen-bond donors (Lipinski definition) is 1. The minimum absolute atomic E-state index is 0.0108. The molecule has 0 aliphatic carbocycles. The van der Waals surface area contributed by atoms with Crippen molar-refractivity contribution in [2.75, 3.05) is 40.6 Å². The molecule has 2 aromatic carbocycles. The van der Waals surface area contributed by atoms with Gasteiger partial charge in [0.15, 0.2) is 11.5 Å². The van der Waals surface area contributed by atoms with Crippen molar-refractivity contribution in [3.05, 3.63) is 54.1 Å². The highest BCUT2D eigenvalue weighted by molar-refractivity contribution is 5.51. The van der Waals surface area contributed by atoms with Gasteiger partial charge in [0, 0.05) is 6.54 Å². The molecular weight excluding hydrogens is 334 g/mol. The lowest BCUT2D eigenvalue weighted by atomic mass is 10.1. The van der Waals surface area contributed by atoms with E-state index >= 15 is 0 Å². The molecule has 6 nitrogen and oxygen atoms in total. The second-order valence-electron chi connectivity index (χ2n) is 5.85. The number of para-hydroxylation sites is 1. The summed E-state index contributed by atoms with van der Waals surface area (Å²) in [7, 11) is 3.21. The molecule has 2 aromatic rings. The van der Waals surface area contributed by atoms with Crippen molar-refractivity contribution in [2.24, 2.45) is 0 Å². The fourth-order valence-corrected chi connectivity index (χ4v) is 2.81. The van der Waals surface area contributed by atoms with Gasteiger partial charge in [-0.25, -0.2) is 0 Å². The highest BCUT2D eigenvalue weighted by Gasteiger charge is 2.23. The van der Waals surface area contributed by atoms with Gasteiger partial charge in [-0.3, -0.25) is 5.32 Å². The predicted octanol–water partition coefficient (Wildman–Crippen LogP) is 2.79. The standard InChI is InChI=1S/C20H25NO5/c1-22-16-9-6-10-17(23-2)20(16)24-12-11-21-19-14-25-18(13-26-19)15-7-4-3-5-8-15/h3-10,18-19,21H,11-14H2,1-2H3/t18-,19+/m0/s1. The number of ether oxygens (including phenoxy) is 5. The summed E-state index contributed by atoms with van der Waals surface area (Å²) in [4.78, 5) is 0. The lowest BCUT2D eigenvalue weighted by Crippen LogP contribution is -2.43. The van der Waals surface area contributed by atoms with Crippen molar-refractivity contribution < 1.29 is 23.7 Å². The molecule has 26 heavy (non-hydrogen) atoms. The lowest BCUT2D eigenvalue weighted by molar-refractivity contribution is -0.145. The van der Waals surface area contributed by atoms with Gasteiger partial charge in [0.25, 0.3) is 0 Å². The molecule has 0 bridgehead atoms. The van der Waals surface area contributed by atoms with Crippen molar-refractivity contribution in [3.63, 3.8) is 0 Å². The first-order chi connectivity index (χ1) is 12.8. The van der Waals surface area contributed by atoms with E-state index in [0.717, 1.165) is 5.56 Å². The Labute approximate surface area is 154 Å². The fourth-order valence-electron chi connectivity index (χ4n) is 2.81. The first-order valence-corrected chi connectivity index (χ1v) is 8.67. The maximum absolute atomic E-state index is 5.90. The normalized spacial score (nSPS) is 19.8. The average Bonchev–Trinajstić information content (AvgIpc) is 2.72. The molecule has 3 rings (SSSR count). The second kappa shape index (κ2) is 9.43. The molecular formula is C20H25NO5. The van der Waals surface area contributed by atoms with Crippen LogP contribution in [0.4, 0.5) is 0 Å². The zero-order valence-corrected chi connectivity index (χ0v) is 15.1. The highest BCUT2D eigenvalue weighted by atomic mass is 16.6. The molecule has 0 radical (unpaired) electrons. The molecule has 1 aliphatic rings. The molecule has 0 aromatic heterocycles. The van der Waals surface area contributed by atoms with Crippen molar-refractivity contribution in [1.29, 1.82) is 0 Å². The Morgan fingerprint density at radius 1 is 0.923 bits per heavy atom. The summed E-state index contributed by atoms with van der Waals surface area (Å²) in [6, 6.07) is 15.7. The van der Waals surface area contributed by atoms with Crippen LogP contribution in [0.25, 0.3) is 0 Å². The summed E-state index contributed by atoms with van der Waals surface area (Å²) >= 11 is 0. The summed E-state index contributed by atoms with van der Waals surface area (Å²) in [6.45, 7) is 2.10. The van der Waals surface area contributed by atoms with Crippen LogP contribution >= 0.6 is 0 Å². The summed E-state index contributed by atoms with van der Waals surface area (Å²) in [5.74, 6) is 1.89. The van der Waals surface area contributed by atoms with Gasteiger partial charge < -0.3 is 23.7 Å². The third-order valence-corrected chi connectivity index (χ3v) is 4.17. The molecule has 0 saturated carbocycles. The van der Waals surface area contributed by atoms with E-state index in [4.69, 9.17) is 23.7 Å². The minimum atomic E-state index is -0.141. The molecule has 2 atom stereocenters. The lowest BCUT2D eigenvalue weighted by Gasteiger charge is -2.30. The topological polar surface area (TPSA) is 58.2 Å². The molecule has 0 amide bonds. The van der Waals surface area contributed by atoms with E-state index in [1.165, 1.54) is 0 Å². The number of rotatable bonds is 8. The van der Waals surface area contributed by atoms with E-state index in [2.05, 4.69) is 17.4 Å². The van der Waals surface area contributed by atoms with E-state index in [1.54, 1.807) is 14.2 Å². The molecule has 0 unspecified atom stereocenters. The number of nitrogens with one attached hydrogen (secondary N) is 1. The number of benzene rings is 2. The Morgan fingerprint density at radius 2 is 1.65 bits per heavy atom. The maximum atomic E-state index is 5.90. The molecule has 1 aliphatic heterocycles. The van der Waals surface area contributed by atoms with Gasteiger partial charge in [0.2, 0.25) is 5.75 Å². The smallest absolute Gasteiger partial charge is 0.203 e. The molecule has 1 saturated heterocycles. The van der Waals surface area contributed by atoms with Crippen LogP contribution in [0, 0.1) is 0 Å². The van der Waals surface area contributed by atoms with Crippen LogP contribution in [-0.2, 0) is 9.47 Å². The van der Waals surface area contributed by atoms with Crippen molar-refractivity contribution in [2.45, 2.75) is 12.3 Å². The van der Waals surface area contributed by atoms with Crippen molar-refractivity contribution in [1.82, 2.24) is 5.32 Å². The Kier molecular flexibility index (Phi) is 6.71. The van der Waals surface area contributed by atoms with Crippen LogP contribution in [0.15, 0.2) is 48.5 Å². The zero-order valence-electron chi connectivity index (χ0n) is 15.1. The van der Waals surface area contributed by atoms with Gasteiger partial charge in [-0.2, -0.15) is 0 Å². The first-order valence-electron chi connectivity index (χ1n) is 8.67. The second-order valence-corrected chi connectivity index (χ2v) is 5.85. The van der Waals surface area contributed by atoms with Gasteiger partial charge in [0.1, 0.15) is 18.9 Å². The van der Waals surface area contributed by atoms with Crippen LogP contribution in [0.1, 0.15) is 11.7 Å². The molecule has 0 spiro atoms. The molecule has 1 N–H and O–H groups in total. The van der Waals surface area contributed by atoms with Crippen LogP contribution in [0.3, 0.4) is 0 Å². The van der Waals surface area contributed by atoms with Gasteiger partial charge >= 0.3 is 0 Å². The quantitative estimate of drug-likeness (QED) is 0.732. The molecule has 6 heteroatoms.